The first kappa shape index (κ1) is 18.1. The summed E-state index contributed by atoms with van der Waals surface area (Å²) >= 11 is 2.82. The second-order valence-electron chi connectivity index (χ2n) is 7.35. The van der Waals surface area contributed by atoms with Crippen LogP contribution in [-0.4, -0.2) is 24.5 Å². The summed E-state index contributed by atoms with van der Waals surface area (Å²) in [5.74, 6) is -0.615. The third kappa shape index (κ3) is 3.36. The molecule has 7 heteroatoms. The van der Waals surface area contributed by atoms with Crippen LogP contribution in [0.2, 0.25) is 0 Å². The zero-order chi connectivity index (χ0) is 18.4. The van der Waals surface area contributed by atoms with Crippen molar-refractivity contribution in [2.24, 2.45) is 0 Å². The molecule has 2 aromatic rings. The van der Waals surface area contributed by atoms with Crippen molar-refractivity contribution in [3.63, 3.8) is 0 Å². The number of hydrogen-bond donors (Lipinski definition) is 2. The molecule has 3 heterocycles. The van der Waals surface area contributed by atoms with E-state index in [2.05, 4.69) is 38.3 Å². The molecule has 1 aliphatic heterocycles. The lowest BCUT2D eigenvalue weighted by Gasteiger charge is -2.42. The maximum atomic E-state index is 12.5. The normalized spacial score (nSPS) is 17.6. The van der Waals surface area contributed by atoms with Crippen LogP contribution in [0.4, 0.5) is 5.00 Å². The zero-order valence-electron chi connectivity index (χ0n) is 15.0. The maximum Gasteiger partial charge on any atom is 0.341 e. The van der Waals surface area contributed by atoms with Gasteiger partial charge in [-0.1, -0.05) is 6.07 Å². The highest BCUT2D eigenvalue weighted by atomic mass is 32.1. The molecule has 3 rings (SSSR count). The Hall–Kier alpha value is -1.70. The van der Waals surface area contributed by atoms with Crippen LogP contribution in [-0.2, 0) is 16.7 Å². The van der Waals surface area contributed by atoms with E-state index in [1.165, 1.54) is 29.8 Å². The van der Waals surface area contributed by atoms with E-state index in [1.807, 2.05) is 11.4 Å². The zero-order valence-corrected chi connectivity index (χ0v) is 16.6. The SMILES string of the molecule is COC(=O)c1c(NC(=O)c2cccs2)sc2c1CC(C)(C)NC2(C)C. The first-order chi connectivity index (χ1) is 11.6. The number of thiophene rings is 2. The van der Waals surface area contributed by atoms with Crippen molar-refractivity contribution in [2.75, 3.05) is 12.4 Å². The van der Waals surface area contributed by atoms with Crippen molar-refractivity contribution >= 4 is 39.6 Å². The lowest BCUT2D eigenvalue weighted by molar-refractivity contribution is 0.0600. The second-order valence-corrected chi connectivity index (χ2v) is 9.32. The van der Waals surface area contributed by atoms with Crippen molar-refractivity contribution in [3.05, 3.63) is 38.4 Å². The molecule has 0 bridgehead atoms. The van der Waals surface area contributed by atoms with Crippen LogP contribution in [0.5, 0.6) is 0 Å². The van der Waals surface area contributed by atoms with Crippen LogP contribution in [0, 0.1) is 0 Å². The van der Waals surface area contributed by atoms with Gasteiger partial charge in [0.25, 0.3) is 5.91 Å². The summed E-state index contributed by atoms with van der Waals surface area (Å²) < 4.78 is 5.01. The number of amides is 1. The standard InChI is InChI=1S/C18H22N2O3S2/c1-17(2)9-10-12(16(22)23-5)15(25-13(10)18(3,4)20-17)19-14(21)11-7-6-8-24-11/h6-8,20H,9H2,1-5H3,(H,19,21). The number of ether oxygens (including phenoxy) is 1. The number of fused-ring (bicyclic) bond motifs is 1. The van der Waals surface area contributed by atoms with Gasteiger partial charge >= 0.3 is 5.97 Å². The fourth-order valence-corrected chi connectivity index (χ4v) is 5.39. The van der Waals surface area contributed by atoms with Crippen molar-refractivity contribution < 1.29 is 14.3 Å². The van der Waals surface area contributed by atoms with Crippen molar-refractivity contribution in [3.8, 4) is 0 Å². The lowest BCUT2D eigenvalue weighted by atomic mass is 9.81. The van der Waals surface area contributed by atoms with E-state index >= 15 is 0 Å². The highest BCUT2D eigenvalue weighted by Gasteiger charge is 2.42. The van der Waals surface area contributed by atoms with Gasteiger partial charge in [-0.3, -0.25) is 4.79 Å². The Labute approximate surface area is 155 Å². The monoisotopic (exact) mass is 378 g/mol. The minimum Gasteiger partial charge on any atom is -0.465 e. The van der Waals surface area contributed by atoms with Crippen molar-refractivity contribution in [1.29, 1.82) is 0 Å². The van der Waals surface area contributed by atoms with Gasteiger partial charge in [-0.05, 0) is 51.1 Å². The molecule has 0 fully saturated rings. The summed E-state index contributed by atoms with van der Waals surface area (Å²) in [5.41, 5.74) is 0.994. The van der Waals surface area contributed by atoms with Gasteiger partial charge in [-0.15, -0.1) is 22.7 Å². The molecule has 1 amide bonds. The lowest BCUT2D eigenvalue weighted by Crippen LogP contribution is -2.55. The molecule has 0 saturated heterocycles. The summed E-state index contributed by atoms with van der Waals surface area (Å²) in [7, 11) is 1.37. The first-order valence-corrected chi connectivity index (χ1v) is 9.73. The third-order valence-electron chi connectivity index (χ3n) is 4.21. The predicted octanol–water partition coefficient (Wildman–Crippen LogP) is 4.01. The molecule has 0 radical (unpaired) electrons. The molecule has 0 aliphatic carbocycles. The molecular formula is C18H22N2O3S2. The van der Waals surface area contributed by atoms with E-state index < -0.39 is 5.97 Å². The van der Waals surface area contributed by atoms with E-state index in [0.717, 1.165) is 10.4 Å². The fraction of sp³-hybridized carbons (Fsp3) is 0.444. The van der Waals surface area contributed by atoms with E-state index in [9.17, 15) is 9.59 Å². The Bertz CT molecular complexity index is 820. The number of methoxy groups -OCH3 is 1. The molecule has 0 spiro atoms. The Balaban J connectivity index is 2.09. The van der Waals surface area contributed by atoms with Gasteiger partial charge in [0, 0.05) is 16.0 Å². The molecular weight excluding hydrogens is 356 g/mol. The average Bonchev–Trinajstić information content (AvgIpc) is 3.12. The van der Waals surface area contributed by atoms with Gasteiger partial charge < -0.3 is 15.4 Å². The van der Waals surface area contributed by atoms with Gasteiger partial charge in [0.15, 0.2) is 0 Å². The molecule has 5 nitrogen and oxygen atoms in total. The number of carbonyl (C=O) groups excluding carboxylic acids is 2. The largest absolute Gasteiger partial charge is 0.465 e. The van der Waals surface area contributed by atoms with Gasteiger partial charge in [-0.25, -0.2) is 4.79 Å². The number of esters is 1. The molecule has 2 aromatic heterocycles. The Morgan fingerprint density at radius 1 is 1.28 bits per heavy atom. The summed E-state index contributed by atoms with van der Waals surface area (Å²) in [6.45, 7) is 8.41. The summed E-state index contributed by atoms with van der Waals surface area (Å²) in [6.07, 6.45) is 0.696. The van der Waals surface area contributed by atoms with Crippen LogP contribution >= 0.6 is 22.7 Å². The smallest absolute Gasteiger partial charge is 0.341 e. The number of hydrogen-bond acceptors (Lipinski definition) is 6. The molecule has 1 aliphatic rings. The molecule has 0 atom stereocenters. The minimum atomic E-state index is -0.410. The second kappa shape index (κ2) is 6.23. The van der Waals surface area contributed by atoms with Crippen LogP contribution in [0.1, 0.15) is 58.2 Å². The van der Waals surface area contributed by atoms with Gasteiger partial charge in [-0.2, -0.15) is 0 Å². The third-order valence-corrected chi connectivity index (χ3v) is 6.55. The number of anilines is 1. The molecule has 25 heavy (non-hydrogen) atoms. The Kier molecular flexibility index (Phi) is 4.51. The van der Waals surface area contributed by atoms with Crippen LogP contribution in [0.15, 0.2) is 17.5 Å². The Morgan fingerprint density at radius 2 is 2.00 bits per heavy atom. The highest BCUT2D eigenvalue weighted by molar-refractivity contribution is 7.17. The quantitative estimate of drug-likeness (QED) is 0.792. The minimum absolute atomic E-state index is 0.157. The Morgan fingerprint density at radius 3 is 2.60 bits per heavy atom. The van der Waals surface area contributed by atoms with Gasteiger partial charge in [0.1, 0.15) is 5.00 Å². The van der Waals surface area contributed by atoms with Crippen LogP contribution in [0.25, 0.3) is 0 Å². The van der Waals surface area contributed by atoms with Crippen LogP contribution < -0.4 is 10.6 Å². The van der Waals surface area contributed by atoms with E-state index in [4.69, 9.17) is 4.74 Å². The van der Waals surface area contributed by atoms with Gasteiger partial charge in [0.2, 0.25) is 0 Å². The first-order valence-electron chi connectivity index (χ1n) is 8.03. The molecule has 134 valence electrons. The van der Waals surface area contributed by atoms with Gasteiger partial charge in [0.05, 0.1) is 17.6 Å². The maximum absolute atomic E-state index is 12.5. The highest BCUT2D eigenvalue weighted by Crippen LogP contribution is 2.45. The summed E-state index contributed by atoms with van der Waals surface area (Å²) in [5, 5.41) is 8.94. The molecule has 0 aromatic carbocycles. The summed E-state index contributed by atoms with van der Waals surface area (Å²) in [6, 6.07) is 3.59. The average molecular weight is 379 g/mol. The molecule has 0 saturated carbocycles. The topological polar surface area (TPSA) is 67.4 Å². The van der Waals surface area contributed by atoms with E-state index in [0.29, 0.717) is 21.9 Å². The number of rotatable bonds is 3. The molecule has 0 unspecified atom stereocenters. The number of carbonyl (C=O) groups is 2. The predicted molar refractivity (Wildman–Crippen MR) is 102 cm³/mol. The number of nitrogens with one attached hydrogen (secondary N) is 2. The van der Waals surface area contributed by atoms with Crippen molar-refractivity contribution in [2.45, 2.75) is 45.2 Å². The van der Waals surface area contributed by atoms with Crippen molar-refractivity contribution in [1.82, 2.24) is 5.32 Å². The summed E-state index contributed by atoms with van der Waals surface area (Å²) in [4.78, 5) is 26.6. The van der Waals surface area contributed by atoms with E-state index in [-0.39, 0.29) is 17.0 Å². The van der Waals surface area contributed by atoms with E-state index in [1.54, 1.807) is 6.07 Å². The fourth-order valence-electron chi connectivity index (χ4n) is 3.51. The molecule has 2 N–H and O–H groups in total. The van der Waals surface area contributed by atoms with Crippen LogP contribution in [0.3, 0.4) is 0 Å².